The number of hydrogen-bond donors (Lipinski definition) is 8. The van der Waals surface area contributed by atoms with E-state index in [4.69, 9.17) is 27.4 Å². The Morgan fingerprint density at radius 3 is 1.85 bits per heavy atom. The van der Waals surface area contributed by atoms with Crippen molar-refractivity contribution in [1.82, 2.24) is 16.0 Å². The lowest BCUT2D eigenvalue weighted by molar-refractivity contribution is -0.147. The highest BCUT2D eigenvalue weighted by atomic mass is 16.4. The van der Waals surface area contributed by atoms with E-state index in [1.165, 1.54) is 0 Å². The van der Waals surface area contributed by atoms with E-state index in [9.17, 15) is 28.8 Å². The van der Waals surface area contributed by atoms with Gasteiger partial charge in [0.2, 0.25) is 23.6 Å². The number of carbonyl (C=O) groups is 6. The van der Waals surface area contributed by atoms with E-state index in [-0.39, 0.29) is 6.42 Å². The largest absolute Gasteiger partial charge is 0.481 e. The summed E-state index contributed by atoms with van der Waals surface area (Å²) in [6, 6.07) is -5.31. The summed E-state index contributed by atoms with van der Waals surface area (Å²) in [5.41, 5.74) is 16.1. The van der Waals surface area contributed by atoms with Crippen LogP contribution in [-0.2, 0) is 28.8 Å². The van der Waals surface area contributed by atoms with Gasteiger partial charge in [-0.3, -0.25) is 24.0 Å². The van der Waals surface area contributed by atoms with Gasteiger partial charge in [-0.1, -0.05) is 13.8 Å². The van der Waals surface area contributed by atoms with Crippen molar-refractivity contribution in [2.45, 2.75) is 70.1 Å². The van der Waals surface area contributed by atoms with Crippen molar-refractivity contribution >= 4 is 35.6 Å². The van der Waals surface area contributed by atoms with Gasteiger partial charge in [0, 0.05) is 0 Å². The Morgan fingerprint density at radius 1 is 0.818 bits per heavy atom. The lowest BCUT2D eigenvalue weighted by Gasteiger charge is -2.26. The Labute approximate surface area is 191 Å². The lowest BCUT2D eigenvalue weighted by atomic mass is 10.0. The molecule has 14 heteroatoms. The SMILES string of the molecule is CC(C)C(NC(=O)C(N)CC(N)=O)C(=O)NC(CCCCN)C(=O)NC(CC(=O)O)C(=O)O. The number of nitrogens with one attached hydrogen (secondary N) is 3. The Balaban J connectivity index is 5.47. The maximum Gasteiger partial charge on any atom is 0.326 e. The van der Waals surface area contributed by atoms with Gasteiger partial charge in [0.25, 0.3) is 0 Å². The number of carboxylic acids is 2. The van der Waals surface area contributed by atoms with Gasteiger partial charge >= 0.3 is 11.9 Å². The third-order valence-electron chi connectivity index (χ3n) is 4.58. The van der Waals surface area contributed by atoms with E-state index in [1.54, 1.807) is 13.8 Å². The molecule has 0 fully saturated rings. The Morgan fingerprint density at radius 2 is 1.39 bits per heavy atom. The summed E-state index contributed by atoms with van der Waals surface area (Å²) < 4.78 is 0. The second kappa shape index (κ2) is 14.7. The summed E-state index contributed by atoms with van der Waals surface area (Å²) in [5, 5.41) is 25.0. The maximum atomic E-state index is 12.8. The van der Waals surface area contributed by atoms with Crippen LogP contribution in [0.2, 0.25) is 0 Å². The fraction of sp³-hybridized carbons (Fsp3) is 0.684. The normalized spacial score (nSPS) is 14.5. The minimum atomic E-state index is -1.70. The van der Waals surface area contributed by atoms with E-state index in [1.807, 2.05) is 0 Å². The smallest absolute Gasteiger partial charge is 0.326 e. The first-order valence-electron chi connectivity index (χ1n) is 10.4. The van der Waals surface area contributed by atoms with Crippen molar-refractivity contribution in [3.8, 4) is 0 Å². The number of nitrogens with two attached hydrogens (primary N) is 3. The van der Waals surface area contributed by atoms with Crippen molar-refractivity contribution in [1.29, 1.82) is 0 Å². The molecule has 0 rings (SSSR count). The quantitative estimate of drug-likeness (QED) is 0.105. The van der Waals surface area contributed by atoms with Gasteiger partial charge in [-0.2, -0.15) is 0 Å². The monoisotopic (exact) mass is 474 g/mol. The zero-order valence-electron chi connectivity index (χ0n) is 18.7. The molecule has 0 radical (unpaired) electrons. The summed E-state index contributed by atoms with van der Waals surface area (Å²) in [5.74, 6) is -6.65. The molecular formula is C19H34N6O8. The summed E-state index contributed by atoms with van der Waals surface area (Å²) in [6.45, 7) is 3.57. The number of carbonyl (C=O) groups excluding carboxylic acids is 4. The Kier molecular flexibility index (Phi) is 13.3. The minimum Gasteiger partial charge on any atom is -0.481 e. The number of primary amides is 1. The molecule has 0 aliphatic heterocycles. The molecule has 0 spiro atoms. The van der Waals surface area contributed by atoms with E-state index < -0.39 is 78.5 Å². The number of carboxylic acid groups (broad SMARTS) is 2. The molecule has 0 aromatic heterocycles. The standard InChI is InChI=1S/C19H34N6O8/c1-9(2)15(25-16(29)10(21)7-13(22)26)18(31)23-11(5-3-4-6-20)17(30)24-12(19(32)33)8-14(27)28/h9-12,15H,3-8,20-21H2,1-2H3,(H2,22,26)(H,23,31)(H,24,30)(H,25,29)(H,27,28)(H,32,33). The van der Waals surface area contributed by atoms with Gasteiger partial charge in [0.1, 0.15) is 18.1 Å². The molecule has 0 aliphatic carbocycles. The zero-order chi connectivity index (χ0) is 25.7. The number of unbranched alkanes of at least 4 members (excludes halogenated alkanes) is 1. The molecule has 0 bridgehead atoms. The molecule has 4 amide bonds. The van der Waals surface area contributed by atoms with Crippen molar-refractivity contribution < 1.29 is 39.0 Å². The zero-order valence-corrected chi connectivity index (χ0v) is 18.7. The molecule has 0 saturated carbocycles. The second-order valence-corrected chi connectivity index (χ2v) is 7.85. The molecule has 0 aliphatic rings. The van der Waals surface area contributed by atoms with Gasteiger partial charge in [0.15, 0.2) is 0 Å². The lowest BCUT2D eigenvalue weighted by Crippen LogP contribution is -2.58. The fourth-order valence-electron chi connectivity index (χ4n) is 2.77. The maximum absolute atomic E-state index is 12.8. The number of amides is 4. The van der Waals surface area contributed by atoms with Crippen LogP contribution in [-0.4, -0.2) is 76.5 Å². The number of aliphatic carboxylic acids is 2. The van der Waals surface area contributed by atoms with E-state index in [0.29, 0.717) is 19.4 Å². The fourth-order valence-corrected chi connectivity index (χ4v) is 2.77. The van der Waals surface area contributed by atoms with E-state index in [2.05, 4.69) is 16.0 Å². The first-order valence-corrected chi connectivity index (χ1v) is 10.4. The molecule has 0 heterocycles. The van der Waals surface area contributed by atoms with Gasteiger partial charge in [-0.25, -0.2) is 4.79 Å². The van der Waals surface area contributed by atoms with Crippen LogP contribution >= 0.6 is 0 Å². The van der Waals surface area contributed by atoms with Crippen LogP contribution in [0.15, 0.2) is 0 Å². The molecule has 14 nitrogen and oxygen atoms in total. The van der Waals surface area contributed by atoms with Crippen molar-refractivity contribution in [3.63, 3.8) is 0 Å². The van der Waals surface area contributed by atoms with Crippen LogP contribution in [0.1, 0.15) is 46.0 Å². The number of hydrogen-bond acceptors (Lipinski definition) is 8. The van der Waals surface area contributed by atoms with Gasteiger partial charge < -0.3 is 43.4 Å². The van der Waals surface area contributed by atoms with Crippen LogP contribution in [0, 0.1) is 5.92 Å². The first kappa shape index (κ1) is 29.7. The Bertz CT molecular complexity index is 729. The van der Waals surface area contributed by atoms with Crippen LogP contribution in [0.25, 0.3) is 0 Å². The molecule has 188 valence electrons. The third kappa shape index (κ3) is 11.8. The minimum absolute atomic E-state index is 0.0914. The predicted octanol–water partition coefficient (Wildman–Crippen LogP) is -3.01. The van der Waals surface area contributed by atoms with Gasteiger partial charge in [-0.05, 0) is 31.7 Å². The number of rotatable bonds is 16. The van der Waals surface area contributed by atoms with E-state index >= 15 is 0 Å². The van der Waals surface area contributed by atoms with Crippen LogP contribution in [0.5, 0.6) is 0 Å². The molecule has 11 N–H and O–H groups in total. The van der Waals surface area contributed by atoms with Gasteiger partial charge in [0.05, 0.1) is 18.9 Å². The molecule has 0 aromatic carbocycles. The molecule has 4 unspecified atom stereocenters. The summed E-state index contributed by atoms with van der Waals surface area (Å²) >= 11 is 0. The summed E-state index contributed by atoms with van der Waals surface area (Å²) in [4.78, 5) is 70.8. The van der Waals surface area contributed by atoms with Crippen LogP contribution in [0.3, 0.4) is 0 Å². The highest BCUT2D eigenvalue weighted by Crippen LogP contribution is 2.07. The summed E-state index contributed by atoms with van der Waals surface area (Å²) in [7, 11) is 0. The topological polar surface area (TPSA) is 257 Å². The van der Waals surface area contributed by atoms with Crippen molar-refractivity contribution in [2.75, 3.05) is 6.54 Å². The van der Waals surface area contributed by atoms with Crippen LogP contribution in [0.4, 0.5) is 0 Å². The van der Waals surface area contributed by atoms with Crippen LogP contribution < -0.4 is 33.2 Å². The first-order chi connectivity index (χ1) is 15.3. The summed E-state index contributed by atoms with van der Waals surface area (Å²) in [6.07, 6.45) is -0.263. The highest BCUT2D eigenvalue weighted by Gasteiger charge is 2.32. The average Bonchev–Trinajstić information content (AvgIpc) is 2.69. The van der Waals surface area contributed by atoms with Crippen molar-refractivity contribution in [3.05, 3.63) is 0 Å². The van der Waals surface area contributed by atoms with Crippen molar-refractivity contribution in [2.24, 2.45) is 23.1 Å². The average molecular weight is 475 g/mol. The molecule has 4 atom stereocenters. The molecular weight excluding hydrogens is 440 g/mol. The Hall–Kier alpha value is -3.26. The predicted molar refractivity (Wildman–Crippen MR) is 115 cm³/mol. The molecule has 33 heavy (non-hydrogen) atoms. The van der Waals surface area contributed by atoms with E-state index in [0.717, 1.165) is 0 Å². The highest BCUT2D eigenvalue weighted by molar-refractivity contribution is 5.95. The molecule has 0 saturated heterocycles. The third-order valence-corrected chi connectivity index (χ3v) is 4.58. The molecule has 0 aromatic rings. The van der Waals surface area contributed by atoms with Gasteiger partial charge in [-0.15, -0.1) is 0 Å². The second-order valence-electron chi connectivity index (χ2n) is 7.85.